The maximum absolute atomic E-state index is 13.6. The summed E-state index contributed by atoms with van der Waals surface area (Å²) in [6.45, 7) is 10.8. The monoisotopic (exact) mass is 585 g/mol. The van der Waals surface area contributed by atoms with Crippen molar-refractivity contribution < 1.29 is 5.21 Å². The van der Waals surface area contributed by atoms with Crippen LogP contribution in [0.15, 0.2) is 69.7 Å². The summed E-state index contributed by atoms with van der Waals surface area (Å²) in [4.78, 5) is 29.4. The first-order valence-corrected chi connectivity index (χ1v) is 14.7. The third-order valence-corrected chi connectivity index (χ3v) is 8.22. The van der Waals surface area contributed by atoms with Gasteiger partial charge in [-0.3, -0.25) is 9.36 Å². The van der Waals surface area contributed by atoms with Crippen LogP contribution in [0.5, 0.6) is 0 Å². The molecule has 0 radical (unpaired) electrons. The molecule has 0 aliphatic carbocycles. The summed E-state index contributed by atoms with van der Waals surface area (Å²) in [5.74, 6) is 1.13. The Kier molecular flexibility index (Phi) is 8.99. The van der Waals surface area contributed by atoms with E-state index in [4.69, 9.17) is 16.6 Å². The SMILES string of the molecule is CC=N/C(=N\O)c1ccc(-c2cc3cnc(Nc4ccc(C5CCN(C(C)C)CC5)cc4)nc3n(CC)c2=O)c(Cl)c1. The number of aromatic nitrogens is 3. The van der Waals surface area contributed by atoms with Gasteiger partial charge in [-0.25, -0.2) is 9.98 Å². The average molecular weight is 586 g/mol. The fourth-order valence-corrected chi connectivity index (χ4v) is 5.86. The lowest BCUT2D eigenvalue weighted by Crippen LogP contribution is -2.37. The summed E-state index contributed by atoms with van der Waals surface area (Å²) in [6, 6.07) is 15.9. The van der Waals surface area contributed by atoms with Gasteiger partial charge in [-0.15, -0.1) is 0 Å². The molecule has 0 saturated carbocycles. The van der Waals surface area contributed by atoms with Crippen molar-refractivity contribution in [2.45, 2.75) is 59.0 Å². The topological polar surface area (TPSA) is 108 Å². The van der Waals surface area contributed by atoms with E-state index >= 15 is 0 Å². The Bertz CT molecular complexity index is 1690. The van der Waals surface area contributed by atoms with Gasteiger partial charge in [0.15, 0.2) is 5.84 Å². The standard InChI is InChI=1S/C32H36ClN7O2/c1-5-34-29(38-42)23-9-12-26(28(33)18-23)27-17-24-19-35-32(37-30(24)40(6-2)31(27)41)36-25-10-7-21(8-11-25)22-13-15-39(16-14-22)20(3)4/h5,7-12,17-20,22,42H,6,13-16H2,1-4H3,(H,35,36,37)/b34-5?,38-29-. The number of benzene rings is 2. The molecule has 3 heterocycles. The van der Waals surface area contributed by atoms with Crippen LogP contribution >= 0.6 is 11.6 Å². The second kappa shape index (κ2) is 12.8. The lowest BCUT2D eigenvalue weighted by Gasteiger charge is -2.34. The Labute approximate surface area is 250 Å². The van der Waals surface area contributed by atoms with Crippen molar-refractivity contribution in [1.29, 1.82) is 0 Å². The van der Waals surface area contributed by atoms with Crippen LogP contribution in [0, 0.1) is 0 Å². The summed E-state index contributed by atoms with van der Waals surface area (Å²) in [5.41, 5.74) is 4.11. The van der Waals surface area contributed by atoms with Crippen molar-refractivity contribution >= 4 is 46.3 Å². The molecule has 2 aromatic carbocycles. The molecule has 0 spiro atoms. The number of hydrogen-bond acceptors (Lipinski definition) is 7. The molecule has 5 rings (SSSR count). The molecular weight excluding hydrogens is 550 g/mol. The number of aliphatic imine (C=N–C) groups is 1. The highest BCUT2D eigenvalue weighted by Gasteiger charge is 2.22. The molecule has 218 valence electrons. The average Bonchev–Trinajstić information content (AvgIpc) is 3.00. The van der Waals surface area contributed by atoms with Gasteiger partial charge in [-0.05, 0) is 89.4 Å². The molecule has 1 saturated heterocycles. The maximum Gasteiger partial charge on any atom is 0.260 e. The van der Waals surface area contributed by atoms with E-state index in [0.29, 0.717) is 57.2 Å². The summed E-state index contributed by atoms with van der Waals surface area (Å²) < 4.78 is 1.62. The number of halogens is 1. The van der Waals surface area contributed by atoms with Gasteiger partial charge < -0.3 is 15.4 Å². The number of hydrogen-bond donors (Lipinski definition) is 2. The molecule has 0 unspecified atom stereocenters. The van der Waals surface area contributed by atoms with E-state index in [1.165, 1.54) is 24.6 Å². The van der Waals surface area contributed by atoms with Gasteiger partial charge in [0.25, 0.3) is 5.56 Å². The van der Waals surface area contributed by atoms with Crippen LogP contribution in [0.25, 0.3) is 22.2 Å². The van der Waals surface area contributed by atoms with Gasteiger partial charge in [0.1, 0.15) is 5.65 Å². The third-order valence-electron chi connectivity index (χ3n) is 7.90. The number of rotatable bonds is 7. The number of aryl methyl sites for hydroxylation is 1. The molecular formula is C32H36ClN7O2. The molecule has 42 heavy (non-hydrogen) atoms. The minimum Gasteiger partial charge on any atom is -0.409 e. The van der Waals surface area contributed by atoms with E-state index in [-0.39, 0.29) is 11.4 Å². The second-order valence-corrected chi connectivity index (χ2v) is 11.1. The summed E-state index contributed by atoms with van der Waals surface area (Å²) in [6.07, 6.45) is 5.59. The Balaban J connectivity index is 1.39. The molecule has 0 bridgehead atoms. The Morgan fingerprint density at radius 1 is 1.14 bits per heavy atom. The first-order chi connectivity index (χ1) is 20.3. The van der Waals surface area contributed by atoms with E-state index in [2.05, 4.69) is 63.5 Å². The van der Waals surface area contributed by atoms with E-state index in [0.717, 1.165) is 18.8 Å². The molecule has 1 aliphatic rings. The smallest absolute Gasteiger partial charge is 0.260 e. The molecule has 1 aliphatic heterocycles. The fraction of sp³-hybridized carbons (Fsp3) is 0.344. The third kappa shape index (κ3) is 6.07. The maximum atomic E-state index is 13.6. The highest BCUT2D eigenvalue weighted by Crippen LogP contribution is 2.31. The number of pyridine rings is 1. The molecule has 0 amide bonds. The normalized spacial score (nSPS) is 15.2. The van der Waals surface area contributed by atoms with E-state index in [9.17, 15) is 10.0 Å². The molecule has 2 aromatic heterocycles. The quantitative estimate of drug-likeness (QED) is 0.108. The number of amidine groups is 1. The van der Waals surface area contributed by atoms with Crippen molar-refractivity contribution in [2.24, 2.45) is 10.1 Å². The summed E-state index contributed by atoms with van der Waals surface area (Å²) in [7, 11) is 0. The number of piperidine rings is 1. The van der Waals surface area contributed by atoms with Gasteiger partial charge >= 0.3 is 0 Å². The number of fused-ring (bicyclic) bond motifs is 1. The first kappa shape index (κ1) is 29.4. The van der Waals surface area contributed by atoms with Crippen molar-refractivity contribution in [3.8, 4) is 11.1 Å². The van der Waals surface area contributed by atoms with E-state index < -0.39 is 0 Å². The predicted octanol–water partition coefficient (Wildman–Crippen LogP) is 6.69. The summed E-state index contributed by atoms with van der Waals surface area (Å²) >= 11 is 6.60. The zero-order chi connectivity index (χ0) is 29.8. The van der Waals surface area contributed by atoms with Crippen LogP contribution < -0.4 is 10.9 Å². The second-order valence-electron chi connectivity index (χ2n) is 10.7. The highest BCUT2D eigenvalue weighted by molar-refractivity contribution is 6.33. The van der Waals surface area contributed by atoms with Gasteiger partial charge in [0.05, 0.1) is 0 Å². The van der Waals surface area contributed by atoms with Crippen LogP contribution in [0.4, 0.5) is 11.6 Å². The van der Waals surface area contributed by atoms with Gasteiger partial charge in [0.2, 0.25) is 5.95 Å². The molecule has 4 aromatic rings. The van der Waals surface area contributed by atoms with Crippen LogP contribution in [-0.4, -0.2) is 55.8 Å². The lowest BCUT2D eigenvalue weighted by molar-refractivity contribution is 0.172. The van der Waals surface area contributed by atoms with Crippen LogP contribution in [0.3, 0.4) is 0 Å². The first-order valence-electron chi connectivity index (χ1n) is 14.4. The molecule has 0 atom stereocenters. The van der Waals surface area contributed by atoms with Crippen LogP contribution in [-0.2, 0) is 6.54 Å². The Morgan fingerprint density at radius 3 is 2.50 bits per heavy atom. The van der Waals surface area contributed by atoms with Crippen molar-refractivity contribution in [1.82, 2.24) is 19.4 Å². The number of nitrogens with zero attached hydrogens (tertiary/aromatic N) is 6. The van der Waals surface area contributed by atoms with Crippen molar-refractivity contribution in [2.75, 3.05) is 18.4 Å². The number of nitrogens with one attached hydrogen (secondary N) is 1. The zero-order valence-electron chi connectivity index (χ0n) is 24.4. The van der Waals surface area contributed by atoms with Gasteiger partial charge in [-0.1, -0.05) is 41.0 Å². The van der Waals surface area contributed by atoms with Crippen LogP contribution in [0.1, 0.15) is 57.6 Å². The highest BCUT2D eigenvalue weighted by atomic mass is 35.5. The largest absolute Gasteiger partial charge is 0.409 e. The zero-order valence-corrected chi connectivity index (χ0v) is 25.1. The number of anilines is 2. The fourth-order valence-electron chi connectivity index (χ4n) is 5.58. The van der Waals surface area contributed by atoms with Gasteiger partial charge in [0, 0.05) is 57.8 Å². The Hall–Kier alpha value is -4.08. The number of oxime groups is 1. The number of likely N-dealkylation sites (tertiary alicyclic amines) is 1. The van der Waals surface area contributed by atoms with Crippen molar-refractivity contribution in [3.63, 3.8) is 0 Å². The molecule has 2 N–H and O–H groups in total. The van der Waals surface area contributed by atoms with Crippen molar-refractivity contribution in [3.05, 3.63) is 81.2 Å². The molecule has 1 fully saturated rings. The van der Waals surface area contributed by atoms with Gasteiger partial charge in [-0.2, -0.15) is 4.98 Å². The molecule has 10 heteroatoms. The predicted molar refractivity (Wildman–Crippen MR) is 171 cm³/mol. The lowest BCUT2D eigenvalue weighted by atomic mass is 9.89. The summed E-state index contributed by atoms with van der Waals surface area (Å²) in [5, 5.41) is 16.9. The van der Waals surface area contributed by atoms with E-state index in [1.54, 1.807) is 42.0 Å². The minimum atomic E-state index is -0.209. The Morgan fingerprint density at radius 2 is 1.88 bits per heavy atom. The van der Waals surface area contributed by atoms with Crippen LogP contribution in [0.2, 0.25) is 5.02 Å². The molecule has 9 nitrogen and oxygen atoms in total. The van der Waals surface area contributed by atoms with E-state index in [1.807, 2.05) is 6.92 Å². The minimum absolute atomic E-state index is 0.130.